The molecule has 3 rings (SSSR count). The standard InChI is InChI=1S/C22H25N3O5S/c1-17-6-10-19(16-21(17)31(29,30)24-14-4-2-3-5-15-24)23-22(26)13-9-18-7-11-20(12-8-18)25(27)28/h6-13,16H,2-5,14-15H2,1H3,(H,23,26). The van der Waals surface area contributed by atoms with E-state index in [1.807, 2.05) is 0 Å². The Morgan fingerprint density at radius 1 is 1.06 bits per heavy atom. The highest BCUT2D eigenvalue weighted by molar-refractivity contribution is 7.89. The maximum absolute atomic E-state index is 13.1. The predicted molar refractivity (Wildman–Crippen MR) is 119 cm³/mol. The minimum Gasteiger partial charge on any atom is -0.322 e. The predicted octanol–water partition coefficient (Wildman–Crippen LogP) is 4.12. The number of non-ortho nitro benzene ring substituents is 1. The monoisotopic (exact) mass is 443 g/mol. The Kier molecular flexibility index (Phi) is 7.19. The number of hydrogen-bond donors (Lipinski definition) is 1. The van der Waals surface area contributed by atoms with E-state index in [4.69, 9.17) is 0 Å². The largest absolute Gasteiger partial charge is 0.322 e. The Labute approximate surface area is 181 Å². The van der Waals surface area contributed by atoms with Gasteiger partial charge in [0.2, 0.25) is 15.9 Å². The molecule has 0 radical (unpaired) electrons. The SMILES string of the molecule is Cc1ccc(NC(=O)C=Cc2ccc([N+](=O)[O-])cc2)cc1S(=O)(=O)N1CCCCCC1. The number of nitro benzene ring substituents is 1. The average Bonchev–Trinajstić information content (AvgIpc) is 3.04. The van der Waals surface area contributed by atoms with Gasteiger partial charge in [0.1, 0.15) is 0 Å². The van der Waals surface area contributed by atoms with Gasteiger partial charge in [-0.25, -0.2) is 8.42 Å². The number of carbonyl (C=O) groups is 1. The van der Waals surface area contributed by atoms with Gasteiger partial charge in [0.25, 0.3) is 5.69 Å². The molecule has 1 heterocycles. The molecular formula is C22H25N3O5S. The first kappa shape index (κ1) is 22.6. The van der Waals surface area contributed by atoms with E-state index < -0.39 is 20.9 Å². The summed E-state index contributed by atoms with van der Waals surface area (Å²) in [6.07, 6.45) is 6.58. The van der Waals surface area contributed by atoms with Crippen LogP contribution in [0.5, 0.6) is 0 Å². The summed E-state index contributed by atoms with van der Waals surface area (Å²) in [6.45, 7) is 2.76. The molecule has 1 saturated heterocycles. The topological polar surface area (TPSA) is 110 Å². The van der Waals surface area contributed by atoms with Crippen LogP contribution in [0.2, 0.25) is 0 Å². The van der Waals surface area contributed by atoms with Crippen molar-refractivity contribution < 1.29 is 18.1 Å². The molecule has 164 valence electrons. The van der Waals surface area contributed by atoms with Crippen LogP contribution in [0.25, 0.3) is 6.08 Å². The van der Waals surface area contributed by atoms with Crippen LogP contribution in [0, 0.1) is 17.0 Å². The van der Waals surface area contributed by atoms with Crippen molar-refractivity contribution in [2.75, 3.05) is 18.4 Å². The lowest BCUT2D eigenvalue weighted by Crippen LogP contribution is -2.32. The van der Waals surface area contributed by atoms with Gasteiger partial charge in [-0.3, -0.25) is 14.9 Å². The molecule has 0 aromatic heterocycles. The van der Waals surface area contributed by atoms with Gasteiger partial charge in [0, 0.05) is 37.0 Å². The van der Waals surface area contributed by atoms with Gasteiger partial charge in [-0.1, -0.05) is 18.9 Å². The molecular weight excluding hydrogens is 418 g/mol. The van der Waals surface area contributed by atoms with Crippen LogP contribution < -0.4 is 5.32 Å². The molecule has 0 saturated carbocycles. The minimum absolute atomic E-state index is 0.0283. The van der Waals surface area contributed by atoms with Gasteiger partial charge in [0.15, 0.2) is 0 Å². The Morgan fingerprint density at radius 3 is 2.32 bits per heavy atom. The first-order chi connectivity index (χ1) is 14.8. The van der Waals surface area contributed by atoms with E-state index in [2.05, 4.69) is 5.32 Å². The molecule has 8 nitrogen and oxygen atoms in total. The minimum atomic E-state index is -3.63. The first-order valence-electron chi connectivity index (χ1n) is 10.1. The van der Waals surface area contributed by atoms with Crippen molar-refractivity contribution in [3.05, 3.63) is 69.8 Å². The maximum atomic E-state index is 13.1. The fraction of sp³-hybridized carbons (Fsp3) is 0.318. The lowest BCUT2D eigenvalue weighted by molar-refractivity contribution is -0.384. The molecule has 0 unspecified atom stereocenters. The second-order valence-corrected chi connectivity index (χ2v) is 9.38. The van der Waals surface area contributed by atoms with Gasteiger partial charge >= 0.3 is 0 Å². The summed E-state index contributed by atoms with van der Waals surface area (Å²) in [5, 5.41) is 13.4. The van der Waals surface area contributed by atoms with Crippen molar-refractivity contribution in [1.29, 1.82) is 0 Å². The molecule has 0 aliphatic carbocycles. The third kappa shape index (κ3) is 5.77. The van der Waals surface area contributed by atoms with Crippen LogP contribution in [0.1, 0.15) is 36.8 Å². The van der Waals surface area contributed by atoms with E-state index in [-0.39, 0.29) is 10.6 Å². The zero-order chi connectivity index (χ0) is 22.4. The number of sulfonamides is 1. The summed E-state index contributed by atoms with van der Waals surface area (Å²) < 4.78 is 27.8. The number of amides is 1. The van der Waals surface area contributed by atoms with E-state index in [0.29, 0.717) is 29.9 Å². The first-order valence-corrected chi connectivity index (χ1v) is 11.6. The van der Waals surface area contributed by atoms with Crippen LogP contribution in [-0.4, -0.2) is 36.6 Å². The molecule has 1 fully saturated rings. The second kappa shape index (κ2) is 9.84. The molecule has 9 heteroatoms. The highest BCUT2D eigenvalue weighted by Crippen LogP contribution is 2.26. The Balaban J connectivity index is 1.73. The highest BCUT2D eigenvalue weighted by atomic mass is 32.2. The van der Waals surface area contributed by atoms with Crippen LogP contribution in [0.3, 0.4) is 0 Å². The number of rotatable bonds is 6. The van der Waals surface area contributed by atoms with E-state index in [0.717, 1.165) is 25.7 Å². The summed E-state index contributed by atoms with van der Waals surface area (Å²) in [6, 6.07) is 10.6. The molecule has 1 amide bonds. The third-order valence-corrected chi connectivity index (χ3v) is 7.21. The molecule has 31 heavy (non-hydrogen) atoms. The smallest absolute Gasteiger partial charge is 0.269 e. The number of nitrogens with one attached hydrogen (secondary N) is 1. The second-order valence-electron chi connectivity index (χ2n) is 7.47. The summed E-state index contributed by atoms with van der Waals surface area (Å²) in [5.41, 5.74) is 1.62. The Morgan fingerprint density at radius 2 is 1.71 bits per heavy atom. The number of aryl methyl sites for hydroxylation is 1. The molecule has 0 spiro atoms. The quantitative estimate of drug-likeness (QED) is 0.410. The molecule has 1 N–H and O–H groups in total. The van der Waals surface area contributed by atoms with Crippen molar-refractivity contribution in [3.8, 4) is 0 Å². The fourth-order valence-corrected chi connectivity index (χ4v) is 5.21. The fourth-order valence-electron chi connectivity index (χ4n) is 3.44. The van der Waals surface area contributed by atoms with Crippen LogP contribution >= 0.6 is 0 Å². The zero-order valence-corrected chi connectivity index (χ0v) is 18.1. The number of carbonyl (C=O) groups excluding carboxylic acids is 1. The average molecular weight is 444 g/mol. The number of nitro groups is 1. The van der Waals surface area contributed by atoms with Gasteiger partial charge in [-0.05, 0) is 61.2 Å². The molecule has 2 aromatic rings. The summed E-state index contributed by atoms with van der Waals surface area (Å²) in [7, 11) is -3.63. The van der Waals surface area contributed by atoms with Crippen molar-refractivity contribution in [3.63, 3.8) is 0 Å². The lowest BCUT2D eigenvalue weighted by Gasteiger charge is -2.21. The van der Waals surface area contributed by atoms with Crippen molar-refractivity contribution >= 4 is 33.4 Å². The molecule has 0 atom stereocenters. The van der Waals surface area contributed by atoms with Crippen LogP contribution in [0.4, 0.5) is 11.4 Å². The Hall–Kier alpha value is -3.04. The van der Waals surface area contributed by atoms with E-state index in [1.165, 1.54) is 34.7 Å². The van der Waals surface area contributed by atoms with E-state index >= 15 is 0 Å². The Bertz CT molecular complexity index is 1090. The number of benzene rings is 2. The maximum Gasteiger partial charge on any atom is 0.269 e. The molecule has 1 aliphatic heterocycles. The lowest BCUT2D eigenvalue weighted by atomic mass is 10.2. The number of hydrogen-bond acceptors (Lipinski definition) is 5. The van der Waals surface area contributed by atoms with Crippen molar-refractivity contribution in [2.24, 2.45) is 0 Å². The highest BCUT2D eigenvalue weighted by Gasteiger charge is 2.27. The number of anilines is 1. The summed E-state index contributed by atoms with van der Waals surface area (Å²) in [4.78, 5) is 22.7. The van der Waals surface area contributed by atoms with E-state index in [9.17, 15) is 23.3 Å². The van der Waals surface area contributed by atoms with Crippen LogP contribution in [0.15, 0.2) is 53.4 Å². The van der Waals surface area contributed by atoms with Crippen molar-refractivity contribution in [1.82, 2.24) is 4.31 Å². The summed E-state index contributed by atoms with van der Waals surface area (Å²) >= 11 is 0. The normalized spacial score (nSPS) is 15.5. The zero-order valence-electron chi connectivity index (χ0n) is 17.3. The molecule has 1 aliphatic rings. The van der Waals surface area contributed by atoms with Gasteiger partial charge in [-0.15, -0.1) is 0 Å². The van der Waals surface area contributed by atoms with Gasteiger partial charge < -0.3 is 5.32 Å². The van der Waals surface area contributed by atoms with E-state index in [1.54, 1.807) is 31.2 Å². The molecule has 2 aromatic carbocycles. The summed E-state index contributed by atoms with van der Waals surface area (Å²) in [5.74, 6) is -0.430. The van der Waals surface area contributed by atoms with Crippen LogP contribution in [-0.2, 0) is 14.8 Å². The van der Waals surface area contributed by atoms with Gasteiger partial charge in [0.05, 0.1) is 9.82 Å². The van der Waals surface area contributed by atoms with Crippen molar-refractivity contribution in [2.45, 2.75) is 37.5 Å². The third-order valence-electron chi connectivity index (χ3n) is 5.17. The van der Waals surface area contributed by atoms with Gasteiger partial charge in [-0.2, -0.15) is 4.31 Å². The number of nitrogens with zero attached hydrogens (tertiary/aromatic N) is 2. The molecule has 0 bridgehead atoms.